The molecule has 29 heavy (non-hydrogen) atoms. The number of hydrogen-bond donors (Lipinski definition) is 2. The van der Waals surface area contributed by atoms with Crippen LogP contribution in [0.5, 0.6) is 11.5 Å². The number of guanidine groups is 1. The van der Waals surface area contributed by atoms with E-state index in [1.54, 1.807) is 25.6 Å². The summed E-state index contributed by atoms with van der Waals surface area (Å²) in [5.41, 5.74) is 1.11. The monoisotopic (exact) mass is 417 g/mol. The number of aryl methyl sites for hydroxylation is 1. The van der Waals surface area contributed by atoms with Gasteiger partial charge in [0.05, 0.1) is 19.2 Å². The van der Waals surface area contributed by atoms with Crippen LogP contribution in [0.15, 0.2) is 29.4 Å². The molecule has 1 aromatic carbocycles. The smallest absolute Gasteiger partial charge is 0.191 e. The van der Waals surface area contributed by atoms with Crippen molar-refractivity contribution < 1.29 is 9.47 Å². The number of anilines is 1. The van der Waals surface area contributed by atoms with Crippen molar-refractivity contribution in [3.05, 3.63) is 34.3 Å². The first kappa shape index (κ1) is 21.2. The molecule has 0 amide bonds. The van der Waals surface area contributed by atoms with Crippen LogP contribution in [-0.2, 0) is 12.8 Å². The minimum atomic E-state index is 0.338. The molecular weight excluding hydrogens is 386 g/mol. The highest BCUT2D eigenvalue weighted by atomic mass is 32.1. The summed E-state index contributed by atoms with van der Waals surface area (Å²) in [7, 11) is 5.17. The Kier molecular flexibility index (Phi) is 7.57. The maximum Gasteiger partial charge on any atom is 0.191 e. The van der Waals surface area contributed by atoms with Crippen LogP contribution in [-0.4, -0.2) is 57.9 Å². The first-order chi connectivity index (χ1) is 14.1. The third-order valence-electron chi connectivity index (χ3n) is 5.04. The molecule has 1 saturated heterocycles. The molecule has 2 N–H and O–H groups in total. The second-order valence-corrected chi connectivity index (χ2v) is 8.17. The highest BCUT2D eigenvalue weighted by molar-refractivity contribution is 7.11. The predicted octanol–water partition coefficient (Wildman–Crippen LogP) is 2.71. The van der Waals surface area contributed by atoms with Crippen molar-refractivity contribution in [2.24, 2.45) is 4.99 Å². The van der Waals surface area contributed by atoms with Gasteiger partial charge in [0.15, 0.2) is 5.96 Å². The summed E-state index contributed by atoms with van der Waals surface area (Å²) in [4.78, 5) is 12.5. The van der Waals surface area contributed by atoms with E-state index in [-0.39, 0.29) is 0 Å². The summed E-state index contributed by atoms with van der Waals surface area (Å²) in [6.07, 6.45) is 4.98. The lowest BCUT2D eigenvalue weighted by Crippen LogP contribution is -2.45. The average molecular weight is 418 g/mol. The van der Waals surface area contributed by atoms with Gasteiger partial charge in [-0.1, -0.05) is 6.92 Å². The molecule has 1 atom stereocenters. The Morgan fingerprint density at radius 1 is 1.28 bits per heavy atom. The van der Waals surface area contributed by atoms with E-state index in [9.17, 15) is 0 Å². The number of ether oxygens (including phenoxy) is 2. The van der Waals surface area contributed by atoms with Crippen LogP contribution in [0.1, 0.15) is 23.2 Å². The van der Waals surface area contributed by atoms with Crippen molar-refractivity contribution in [2.75, 3.05) is 45.8 Å². The minimum absolute atomic E-state index is 0.338. The van der Waals surface area contributed by atoms with Crippen molar-refractivity contribution in [3.8, 4) is 11.5 Å². The summed E-state index contributed by atoms with van der Waals surface area (Å²) in [5, 5.41) is 8.12. The van der Waals surface area contributed by atoms with Gasteiger partial charge in [-0.2, -0.15) is 0 Å². The molecule has 0 aliphatic carbocycles. The van der Waals surface area contributed by atoms with Crippen molar-refractivity contribution in [1.82, 2.24) is 15.6 Å². The summed E-state index contributed by atoms with van der Waals surface area (Å²) in [6.45, 7) is 4.86. The number of thiazole rings is 1. The standard InChI is InChI=1S/C21H31N5O2S/c1-5-19-13-24-20(29-19)6-8-23-21(22-2)25-15-7-9-26(14-15)16-10-17(27-3)12-18(11-16)28-4/h10-13,15H,5-9,14H2,1-4H3,(H2,22,23,25). The van der Waals surface area contributed by atoms with Crippen LogP contribution in [0.4, 0.5) is 5.69 Å². The van der Waals surface area contributed by atoms with Gasteiger partial charge in [-0.15, -0.1) is 11.3 Å². The Morgan fingerprint density at radius 2 is 2.03 bits per heavy atom. The maximum absolute atomic E-state index is 5.40. The molecule has 1 aromatic heterocycles. The minimum Gasteiger partial charge on any atom is -0.497 e. The van der Waals surface area contributed by atoms with Gasteiger partial charge in [-0.25, -0.2) is 4.98 Å². The molecule has 1 fully saturated rings. The highest BCUT2D eigenvalue weighted by Gasteiger charge is 2.24. The Hall–Kier alpha value is -2.48. The Balaban J connectivity index is 1.50. The number of aliphatic imine (C=N–C) groups is 1. The Morgan fingerprint density at radius 3 is 2.66 bits per heavy atom. The topological polar surface area (TPSA) is 71.0 Å². The summed E-state index contributed by atoms with van der Waals surface area (Å²) < 4.78 is 10.8. The zero-order valence-electron chi connectivity index (χ0n) is 17.7. The van der Waals surface area contributed by atoms with Gasteiger partial charge in [0.25, 0.3) is 0 Å². The number of methoxy groups -OCH3 is 2. The molecule has 1 aliphatic heterocycles. The van der Waals surface area contributed by atoms with Crippen molar-refractivity contribution in [2.45, 2.75) is 32.2 Å². The molecule has 0 bridgehead atoms. The summed E-state index contributed by atoms with van der Waals surface area (Å²) >= 11 is 1.79. The third-order valence-corrected chi connectivity index (χ3v) is 6.24. The van der Waals surface area contributed by atoms with E-state index < -0.39 is 0 Å². The van der Waals surface area contributed by atoms with Crippen molar-refractivity contribution in [3.63, 3.8) is 0 Å². The first-order valence-electron chi connectivity index (χ1n) is 10.0. The molecule has 1 unspecified atom stereocenters. The van der Waals surface area contributed by atoms with Gasteiger partial charge < -0.3 is 25.0 Å². The van der Waals surface area contributed by atoms with Gasteiger partial charge in [0.2, 0.25) is 0 Å². The normalized spacial score (nSPS) is 16.8. The van der Waals surface area contributed by atoms with Crippen molar-refractivity contribution >= 4 is 23.0 Å². The molecule has 2 heterocycles. The molecule has 0 saturated carbocycles. The van der Waals surface area contributed by atoms with E-state index in [0.717, 1.165) is 62.0 Å². The van der Waals surface area contributed by atoms with Crippen molar-refractivity contribution in [1.29, 1.82) is 0 Å². The first-order valence-corrected chi connectivity index (χ1v) is 10.9. The van der Waals surface area contributed by atoms with E-state index in [1.165, 1.54) is 9.88 Å². The summed E-state index contributed by atoms with van der Waals surface area (Å²) in [5.74, 6) is 2.45. The number of rotatable bonds is 8. The van der Waals surface area contributed by atoms with E-state index in [0.29, 0.717) is 6.04 Å². The molecule has 158 valence electrons. The molecule has 3 rings (SSSR count). The molecule has 1 aliphatic rings. The highest BCUT2D eigenvalue weighted by Crippen LogP contribution is 2.30. The number of hydrogen-bond acceptors (Lipinski definition) is 6. The molecule has 0 spiro atoms. The lowest BCUT2D eigenvalue weighted by atomic mass is 10.2. The fraction of sp³-hybridized carbons (Fsp3) is 0.524. The van der Waals surface area contributed by atoms with Gasteiger partial charge in [0.1, 0.15) is 11.5 Å². The van der Waals surface area contributed by atoms with Crippen LogP contribution < -0.4 is 25.0 Å². The lowest BCUT2D eigenvalue weighted by molar-refractivity contribution is 0.394. The van der Waals surface area contributed by atoms with Crippen LogP contribution in [0.25, 0.3) is 0 Å². The molecular formula is C21H31N5O2S. The second-order valence-electron chi connectivity index (χ2n) is 6.97. The van der Waals surface area contributed by atoms with E-state index in [1.807, 2.05) is 19.3 Å². The number of nitrogens with one attached hydrogen (secondary N) is 2. The number of nitrogens with zero attached hydrogens (tertiary/aromatic N) is 3. The zero-order chi connectivity index (χ0) is 20.6. The van der Waals surface area contributed by atoms with Crippen LogP contribution in [0, 0.1) is 0 Å². The Labute approximate surface area is 177 Å². The van der Waals surface area contributed by atoms with E-state index >= 15 is 0 Å². The fourth-order valence-corrected chi connectivity index (χ4v) is 4.25. The van der Waals surface area contributed by atoms with E-state index in [4.69, 9.17) is 9.47 Å². The largest absolute Gasteiger partial charge is 0.497 e. The number of aromatic nitrogens is 1. The second kappa shape index (κ2) is 10.3. The SMILES string of the molecule is CCc1cnc(CCNC(=NC)NC2CCN(c3cc(OC)cc(OC)c3)C2)s1. The van der Waals surface area contributed by atoms with Crippen LogP contribution >= 0.6 is 11.3 Å². The zero-order valence-corrected chi connectivity index (χ0v) is 18.5. The quantitative estimate of drug-likeness (QED) is 0.508. The molecule has 0 radical (unpaired) electrons. The predicted molar refractivity (Wildman–Crippen MR) is 120 cm³/mol. The van der Waals surface area contributed by atoms with Crippen LogP contribution in [0.3, 0.4) is 0 Å². The van der Waals surface area contributed by atoms with Gasteiger partial charge in [0, 0.05) is 74.1 Å². The molecule has 8 heteroatoms. The lowest BCUT2D eigenvalue weighted by Gasteiger charge is -2.21. The molecule has 2 aromatic rings. The Bertz CT molecular complexity index is 801. The van der Waals surface area contributed by atoms with Gasteiger partial charge >= 0.3 is 0 Å². The maximum atomic E-state index is 5.40. The third kappa shape index (κ3) is 5.76. The van der Waals surface area contributed by atoms with E-state index in [2.05, 4.69) is 44.6 Å². The fourth-order valence-electron chi connectivity index (χ4n) is 3.39. The van der Waals surface area contributed by atoms with Crippen LogP contribution in [0.2, 0.25) is 0 Å². The molecule has 7 nitrogen and oxygen atoms in total. The average Bonchev–Trinajstić information content (AvgIpc) is 3.42. The van der Waals surface area contributed by atoms with Gasteiger partial charge in [-0.3, -0.25) is 4.99 Å². The van der Waals surface area contributed by atoms with Gasteiger partial charge in [-0.05, 0) is 12.8 Å². The number of benzene rings is 1. The summed E-state index contributed by atoms with van der Waals surface area (Å²) in [6, 6.07) is 6.34.